The summed E-state index contributed by atoms with van der Waals surface area (Å²) in [5.41, 5.74) is 4.88. The number of rotatable bonds is 4. The highest BCUT2D eigenvalue weighted by Crippen LogP contribution is 2.31. The van der Waals surface area contributed by atoms with Crippen molar-refractivity contribution in [1.82, 2.24) is 34.5 Å². The van der Waals surface area contributed by atoms with E-state index in [2.05, 4.69) is 55.6 Å². The second kappa shape index (κ2) is 9.62. The van der Waals surface area contributed by atoms with Crippen LogP contribution in [0.2, 0.25) is 0 Å². The second-order valence-corrected chi connectivity index (χ2v) is 11.6. The molecule has 200 valence electrons. The maximum atomic E-state index is 14.0. The Labute approximate surface area is 223 Å². The molecule has 4 heterocycles. The van der Waals surface area contributed by atoms with Crippen LogP contribution >= 0.6 is 0 Å². The number of aryl methyl sites for hydroxylation is 3. The minimum Gasteiger partial charge on any atom is -0.449 e. The molecule has 38 heavy (non-hydrogen) atoms. The van der Waals surface area contributed by atoms with Gasteiger partial charge in [0.15, 0.2) is 5.89 Å². The summed E-state index contributed by atoms with van der Waals surface area (Å²) < 4.78 is 7.24. The molecule has 1 aromatic carbocycles. The molecule has 0 radical (unpaired) electrons. The molecule has 0 spiro atoms. The third-order valence-corrected chi connectivity index (χ3v) is 7.40. The molecular weight excluding hydrogens is 478 g/mol. The summed E-state index contributed by atoms with van der Waals surface area (Å²) in [5, 5.41) is 5.71. The van der Waals surface area contributed by atoms with Crippen molar-refractivity contribution in [2.24, 2.45) is 7.05 Å². The van der Waals surface area contributed by atoms with Crippen molar-refractivity contribution < 1.29 is 9.21 Å². The Balaban J connectivity index is 1.46. The Kier molecular flexibility index (Phi) is 6.59. The van der Waals surface area contributed by atoms with E-state index < -0.39 is 0 Å². The molecule has 2 atom stereocenters. The van der Waals surface area contributed by atoms with Gasteiger partial charge in [0.05, 0.1) is 16.9 Å². The van der Waals surface area contributed by atoms with Crippen LogP contribution in [0, 0.1) is 13.8 Å². The number of nitrogens with zero attached hydrogens (tertiary/aromatic N) is 7. The predicted molar refractivity (Wildman–Crippen MR) is 147 cm³/mol. The molecule has 0 saturated carbocycles. The molecule has 1 amide bonds. The Morgan fingerprint density at radius 2 is 1.87 bits per heavy atom. The molecule has 0 aliphatic carbocycles. The number of amides is 1. The largest absolute Gasteiger partial charge is 0.449 e. The second-order valence-electron chi connectivity index (χ2n) is 11.6. The van der Waals surface area contributed by atoms with Crippen molar-refractivity contribution in [3.8, 4) is 11.4 Å². The summed E-state index contributed by atoms with van der Waals surface area (Å²) in [6.45, 7) is 16.5. The first-order valence-corrected chi connectivity index (χ1v) is 13.2. The smallest absolute Gasteiger partial charge is 0.254 e. The van der Waals surface area contributed by atoms with Gasteiger partial charge in [-0.05, 0) is 44.5 Å². The van der Waals surface area contributed by atoms with E-state index in [0.717, 1.165) is 45.9 Å². The van der Waals surface area contributed by atoms with Crippen LogP contribution < -0.4 is 0 Å². The molecule has 3 aromatic heterocycles. The minimum atomic E-state index is -0.181. The van der Waals surface area contributed by atoms with Crippen molar-refractivity contribution in [3.05, 3.63) is 59.2 Å². The monoisotopic (exact) mass is 515 g/mol. The number of oxazole rings is 1. The van der Waals surface area contributed by atoms with E-state index in [9.17, 15) is 4.79 Å². The highest BCUT2D eigenvalue weighted by molar-refractivity contribution is 6.03. The molecule has 5 rings (SSSR count). The van der Waals surface area contributed by atoms with Gasteiger partial charge in [-0.1, -0.05) is 20.8 Å². The van der Waals surface area contributed by atoms with Gasteiger partial charge in [0.2, 0.25) is 0 Å². The molecular formula is C29H37N7O2. The number of aromatic nitrogens is 5. The summed E-state index contributed by atoms with van der Waals surface area (Å²) >= 11 is 0. The van der Waals surface area contributed by atoms with Crippen LogP contribution in [0.15, 0.2) is 35.1 Å². The van der Waals surface area contributed by atoms with Crippen molar-refractivity contribution in [2.45, 2.75) is 72.5 Å². The lowest BCUT2D eigenvalue weighted by Crippen LogP contribution is -2.57. The molecule has 9 nitrogen and oxygen atoms in total. The standard InChI is InChI=1S/C29H37N7O2/c1-17-11-25-23(26(33-34(25)8)24-9-10-30-28(32-24)29(5,6)7)12-22(17)27(37)36-14-18(2)35(13-19(36)3)15-21-16-38-20(4)31-21/h9-12,16,18-19H,13-15H2,1-8H3/t18-,19+/m0/s1. The van der Waals surface area contributed by atoms with Gasteiger partial charge >= 0.3 is 0 Å². The Hall–Kier alpha value is -3.59. The van der Waals surface area contributed by atoms with Crippen LogP contribution in [0.5, 0.6) is 0 Å². The summed E-state index contributed by atoms with van der Waals surface area (Å²) in [6, 6.07) is 6.20. The van der Waals surface area contributed by atoms with Crippen molar-refractivity contribution in [2.75, 3.05) is 13.1 Å². The normalized spacial score (nSPS) is 18.9. The molecule has 9 heteroatoms. The van der Waals surface area contributed by atoms with Crippen LogP contribution in [-0.2, 0) is 19.0 Å². The van der Waals surface area contributed by atoms with Crippen LogP contribution in [0.1, 0.15) is 67.9 Å². The van der Waals surface area contributed by atoms with E-state index >= 15 is 0 Å². The summed E-state index contributed by atoms with van der Waals surface area (Å²) in [7, 11) is 1.93. The maximum absolute atomic E-state index is 14.0. The number of hydrogen-bond acceptors (Lipinski definition) is 7. The number of benzene rings is 1. The summed E-state index contributed by atoms with van der Waals surface area (Å²) in [5.74, 6) is 1.49. The van der Waals surface area contributed by atoms with E-state index in [4.69, 9.17) is 14.5 Å². The number of carbonyl (C=O) groups excluding carboxylic acids is 1. The van der Waals surface area contributed by atoms with Gasteiger partial charge in [0, 0.05) is 68.3 Å². The van der Waals surface area contributed by atoms with Crippen molar-refractivity contribution >= 4 is 16.8 Å². The molecule has 1 saturated heterocycles. The van der Waals surface area contributed by atoms with E-state index in [0.29, 0.717) is 24.5 Å². The number of carbonyl (C=O) groups is 1. The van der Waals surface area contributed by atoms with Crippen molar-refractivity contribution in [3.63, 3.8) is 0 Å². The Bertz CT molecular complexity index is 1500. The fraction of sp³-hybridized carbons (Fsp3) is 0.483. The first kappa shape index (κ1) is 26.0. The Morgan fingerprint density at radius 3 is 2.55 bits per heavy atom. The number of fused-ring (bicyclic) bond motifs is 1. The van der Waals surface area contributed by atoms with Crippen LogP contribution in [0.4, 0.5) is 0 Å². The van der Waals surface area contributed by atoms with E-state index in [1.165, 1.54) is 0 Å². The molecule has 1 aliphatic rings. The SMILES string of the molecule is Cc1nc(CN2C[C@@H](C)N(C(=O)c3cc4c(-c5ccnc(C(C)(C)C)n5)nn(C)c4cc3C)C[C@@H]2C)co1. The molecule has 0 unspecified atom stereocenters. The average molecular weight is 516 g/mol. The van der Waals surface area contributed by atoms with Gasteiger partial charge in [-0.3, -0.25) is 14.4 Å². The fourth-order valence-corrected chi connectivity index (χ4v) is 5.22. The highest BCUT2D eigenvalue weighted by Gasteiger charge is 2.33. The molecule has 1 fully saturated rings. The van der Waals surface area contributed by atoms with Gasteiger partial charge < -0.3 is 9.32 Å². The van der Waals surface area contributed by atoms with Crippen LogP contribution in [-0.4, -0.2) is 65.6 Å². The van der Waals surface area contributed by atoms with E-state index in [-0.39, 0.29) is 23.4 Å². The lowest BCUT2D eigenvalue weighted by Gasteiger charge is -2.44. The van der Waals surface area contributed by atoms with Gasteiger partial charge in [-0.25, -0.2) is 15.0 Å². The van der Waals surface area contributed by atoms with Gasteiger partial charge in [-0.2, -0.15) is 5.10 Å². The lowest BCUT2D eigenvalue weighted by molar-refractivity contribution is 0.0286. The van der Waals surface area contributed by atoms with Crippen molar-refractivity contribution in [1.29, 1.82) is 0 Å². The molecule has 1 aliphatic heterocycles. The fourth-order valence-electron chi connectivity index (χ4n) is 5.22. The van der Waals surface area contributed by atoms with Crippen LogP contribution in [0.25, 0.3) is 22.3 Å². The minimum absolute atomic E-state index is 0.0496. The molecule has 0 bridgehead atoms. The van der Waals surface area contributed by atoms with E-state index in [1.54, 1.807) is 12.5 Å². The molecule has 0 N–H and O–H groups in total. The maximum Gasteiger partial charge on any atom is 0.254 e. The quantitative estimate of drug-likeness (QED) is 0.390. The van der Waals surface area contributed by atoms with Gasteiger partial charge in [0.25, 0.3) is 5.91 Å². The lowest BCUT2D eigenvalue weighted by atomic mass is 9.95. The third-order valence-electron chi connectivity index (χ3n) is 7.40. The Morgan fingerprint density at radius 1 is 1.11 bits per heavy atom. The predicted octanol–water partition coefficient (Wildman–Crippen LogP) is 4.67. The van der Waals surface area contributed by atoms with E-state index in [1.807, 2.05) is 42.6 Å². The van der Waals surface area contributed by atoms with Gasteiger partial charge in [0.1, 0.15) is 17.8 Å². The van der Waals surface area contributed by atoms with Crippen LogP contribution in [0.3, 0.4) is 0 Å². The first-order valence-electron chi connectivity index (χ1n) is 13.2. The average Bonchev–Trinajstić information content (AvgIpc) is 3.42. The van der Waals surface area contributed by atoms with Gasteiger partial charge in [-0.15, -0.1) is 0 Å². The number of hydrogen-bond donors (Lipinski definition) is 0. The zero-order valence-electron chi connectivity index (χ0n) is 23.6. The third kappa shape index (κ3) is 4.82. The molecule has 4 aromatic rings. The highest BCUT2D eigenvalue weighted by atomic mass is 16.3. The number of piperazine rings is 1. The zero-order valence-corrected chi connectivity index (χ0v) is 23.6. The topological polar surface area (TPSA) is 93.2 Å². The summed E-state index contributed by atoms with van der Waals surface area (Å²) in [4.78, 5) is 32.1. The summed E-state index contributed by atoms with van der Waals surface area (Å²) in [6.07, 6.45) is 3.50. The first-order chi connectivity index (χ1) is 17.9. The zero-order chi connectivity index (χ0) is 27.4.